The summed E-state index contributed by atoms with van der Waals surface area (Å²) in [6, 6.07) is 10.9. The molecule has 0 spiro atoms. The number of hydrogen-bond acceptors (Lipinski definition) is 3. The molecule has 2 aliphatic heterocycles. The average Bonchev–Trinajstić information content (AvgIpc) is 3.12. The second kappa shape index (κ2) is 9.07. The number of benzene rings is 1. The quantitative estimate of drug-likeness (QED) is 0.804. The molecule has 3 aliphatic rings. The maximum absolute atomic E-state index is 12.8. The number of amides is 2. The van der Waals surface area contributed by atoms with Gasteiger partial charge in [0, 0.05) is 37.6 Å². The van der Waals surface area contributed by atoms with E-state index in [1.807, 2.05) is 11.0 Å². The number of nitrogens with one attached hydrogen (secondary N) is 1. The van der Waals surface area contributed by atoms with Crippen molar-refractivity contribution in [2.45, 2.75) is 56.6 Å². The third kappa shape index (κ3) is 4.46. The maximum Gasteiger partial charge on any atom is 0.317 e. The van der Waals surface area contributed by atoms with Gasteiger partial charge in [-0.1, -0.05) is 49.6 Å². The predicted molar refractivity (Wildman–Crippen MR) is 105 cm³/mol. The zero-order valence-corrected chi connectivity index (χ0v) is 16.1. The molecule has 1 aromatic carbocycles. The molecular formula is C22H32N2O3. The van der Waals surface area contributed by atoms with E-state index >= 15 is 0 Å². The van der Waals surface area contributed by atoms with E-state index in [1.165, 1.54) is 37.7 Å². The van der Waals surface area contributed by atoms with Crippen LogP contribution in [0.1, 0.15) is 50.0 Å². The van der Waals surface area contributed by atoms with Crippen molar-refractivity contribution in [3.05, 3.63) is 35.9 Å². The molecule has 0 bridgehead atoms. The number of nitrogens with zero attached hydrogens (tertiary/aromatic N) is 1. The Morgan fingerprint density at radius 2 is 1.96 bits per heavy atom. The molecule has 1 N–H and O–H groups in total. The van der Waals surface area contributed by atoms with Crippen LogP contribution in [-0.4, -0.2) is 56.0 Å². The Hall–Kier alpha value is -1.59. The lowest BCUT2D eigenvalue weighted by atomic mass is 9.84. The van der Waals surface area contributed by atoms with Gasteiger partial charge in [0.15, 0.2) is 0 Å². The van der Waals surface area contributed by atoms with Gasteiger partial charge < -0.3 is 19.7 Å². The molecule has 0 radical (unpaired) electrons. The van der Waals surface area contributed by atoms with E-state index in [0.29, 0.717) is 31.1 Å². The van der Waals surface area contributed by atoms with E-state index in [0.717, 1.165) is 26.2 Å². The van der Waals surface area contributed by atoms with Gasteiger partial charge in [0.1, 0.15) is 0 Å². The molecule has 0 aromatic heterocycles. The molecule has 3 unspecified atom stereocenters. The van der Waals surface area contributed by atoms with Crippen molar-refractivity contribution in [1.29, 1.82) is 0 Å². The standard InChI is InChI=1S/C22H32N2O3/c25-22(23-12-14-27-18-9-5-2-6-10-18)24-15-19(17-7-3-1-4-8-17)20-16-26-13-11-21(20)24/h1,3-4,7-8,18-21H,2,5-6,9-16H2,(H,23,25). The largest absolute Gasteiger partial charge is 0.381 e. The fourth-order valence-electron chi connectivity index (χ4n) is 5.01. The van der Waals surface area contributed by atoms with Gasteiger partial charge in [-0.3, -0.25) is 0 Å². The molecule has 1 aliphatic carbocycles. The fourth-order valence-corrected chi connectivity index (χ4v) is 5.01. The minimum atomic E-state index is 0.0533. The van der Waals surface area contributed by atoms with Crippen LogP contribution in [-0.2, 0) is 9.47 Å². The molecule has 1 aromatic rings. The minimum Gasteiger partial charge on any atom is -0.381 e. The van der Waals surface area contributed by atoms with Crippen LogP contribution in [0, 0.1) is 5.92 Å². The van der Waals surface area contributed by atoms with Gasteiger partial charge in [0.2, 0.25) is 0 Å². The van der Waals surface area contributed by atoms with Crippen LogP contribution in [0.5, 0.6) is 0 Å². The van der Waals surface area contributed by atoms with Gasteiger partial charge in [0.25, 0.3) is 0 Å². The van der Waals surface area contributed by atoms with Crippen LogP contribution >= 0.6 is 0 Å². The van der Waals surface area contributed by atoms with Crippen LogP contribution in [0.3, 0.4) is 0 Å². The first-order valence-electron chi connectivity index (χ1n) is 10.6. The predicted octanol–water partition coefficient (Wildman–Crippen LogP) is 3.55. The average molecular weight is 373 g/mol. The van der Waals surface area contributed by atoms with Crippen LogP contribution in [0.4, 0.5) is 4.79 Å². The third-order valence-corrected chi connectivity index (χ3v) is 6.45. The Labute approximate surface area is 162 Å². The molecule has 2 saturated heterocycles. The van der Waals surface area contributed by atoms with E-state index in [4.69, 9.17) is 9.47 Å². The Morgan fingerprint density at radius 3 is 2.78 bits per heavy atom. The third-order valence-electron chi connectivity index (χ3n) is 6.45. The number of ether oxygens (including phenoxy) is 2. The van der Waals surface area contributed by atoms with E-state index < -0.39 is 0 Å². The molecule has 3 atom stereocenters. The number of urea groups is 1. The lowest BCUT2D eigenvalue weighted by Gasteiger charge is -2.32. The first-order valence-corrected chi connectivity index (χ1v) is 10.6. The molecule has 1 saturated carbocycles. The number of carbonyl (C=O) groups is 1. The van der Waals surface area contributed by atoms with E-state index in [1.54, 1.807) is 0 Å². The maximum atomic E-state index is 12.8. The van der Waals surface area contributed by atoms with E-state index in [-0.39, 0.29) is 12.1 Å². The molecule has 2 heterocycles. The number of hydrogen-bond donors (Lipinski definition) is 1. The molecule has 4 rings (SSSR count). The number of fused-ring (bicyclic) bond motifs is 1. The Morgan fingerprint density at radius 1 is 1.15 bits per heavy atom. The van der Waals surface area contributed by atoms with Crippen molar-refractivity contribution < 1.29 is 14.3 Å². The lowest BCUT2D eigenvalue weighted by Crippen LogP contribution is -2.47. The monoisotopic (exact) mass is 372 g/mol. The Balaban J connectivity index is 1.31. The summed E-state index contributed by atoms with van der Waals surface area (Å²) in [5.41, 5.74) is 1.31. The van der Waals surface area contributed by atoms with Gasteiger partial charge in [0.05, 0.1) is 19.3 Å². The number of carbonyl (C=O) groups excluding carboxylic acids is 1. The summed E-state index contributed by atoms with van der Waals surface area (Å²) in [5, 5.41) is 3.09. The summed E-state index contributed by atoms with van der Waals surface area (Å²) in [7, 11) is 0. The normalized spacial score (nSPS) is 28.7. The summed E-state index contributed by atoms with van der Waals surface area (Å²) in [6.07, 6.45) is 7.55. The molecule has 27 heavy (non-hydrogen) atoms. The fraction of sp³-hybridized carbons (Fsp3) is 0.682. The summed E-state index contributed by atoms with van der Waals surface area (Å²) in [6.45, 7) is 3.48. The summed E-state index contributed by atoms with van der Waals surface area (Å²) >= 11 is 0. The highest BCUT2D eigenvalue weighted by Crippen LogP contribution is 2.40. The lowest BCUT2D eigenvalue weighted by molar-refractivity contribution is 0.0232. The van der Waals surface area contributed by atoms with Crippen molar-refractivity contribution >= 4 is 6.03 Å². The second-order valence-electron chi connectivity index (χ2n) is 8.13. The highest BCUT2D eigenvalue weighted by molar-refractivity contribution is 5.75. The number of likely N-dealkylation sites (tertiary alicyclic amines) is 1. The topological polar surface area (TPSA) is 50.8 Å². The van der Waals surface area contributed by atoms with Gasteiger partial charge >= 0.3 is 6.03 Å². The summed E-state index contributed by atoms with van der Waals surface area (Å²) < 4.78 is 11.7. The van der Waals surface area contributed by atoms with E-state index in [2.05, 4.69) is 29.6 Å². The zero-order valence-electron chi connectivity index (χ0n) is 16.1. The molecule has 5 nitrogen and oxygen atoms in total. The zero-order chi connectivity index (χ0) is 18.5. The first-order chi connectivity index (χ1) is 13.3. The van der Waals surface area contributed by atoms with Gasteiger partial charge in [-0.05, 0) is 24.8 Å². The first kappa shape index (κ1) is 18.8. The smallest absolute Gasteiger partial charge is 0.317 e. The summed E-state index contributed by atoms with van der Waals surface area (Å²) in [4.78, 5) is 14.9. The van der Waals surface area contributed by atoms with Gasteiger partial charge in [-0.2, -0.15) is 0 Å². The van der Waals surface area contributed by atoms with Gasteiger partial charge in [-0.25, -0.2) is 4.79 Å². The Bertz CT molecular complexity index is 603. The van der Waals surface area contributed by atoms with Gasteiger partial charge in [-0.15, -0.1) is 0 Å². The van der Waals surface area contributed by atoms with Crippen molar-refractivity contribution in [2.24, 2.45) is 5.92 Å². The molecular weight excluding hydrogens is 340 g/mol. The molecule has 148 valence electrons. The minimum absolute atomic E-state index is 0.0533. The second-order valence-corrected chi connectivity index (χ2v) is 8.13. The van der Waals surface area contributed by atoms with E-state index in [9.17, 15) is 4.79 Å². The van der Waals surface area contributed by atoms with Crippen LogP contribution in [0.2, 0.25) is 0 Å². The Kier molecular flexibility index (Phi) is 6.30. The van der Waals surface area contributed by atoms with Crippen molar-refractivity contribution in [1.82, 2.24) is 10.2 Å². The van der Waals surface area contributed by atoms with Crippen LogP contribution in [0.15, 0.2) is 30.3 Å². The van der Waals surface area contributed by atoms with Crippen molar-refractivity contribution in [3.8, 4) is 0 Å². The van der Waals surface area contributed by atoms with Crippen molar-refractivity contribution in [3.63, 3.8) is 0 Å². The number of rotatable bonds is 5. The summed E-state index contributed by atoms with van der Waals surface area (Å²) in [5.74, 6) is 0.756. The highest BCUT2D eigenvalue weighted by atomic mass is 16.5. The molecule has 5 heteroatoms. The van der Waals surface area contributed by atoms with Crippen LogP contribution in [0.25, 0.3) is 0 Å². The highest BCUT2D eigenvalue weighted by Gasteiger charge is 2.45. The van der Waals surface area contributed by atoms with Crippen LogP contribution < -0.4 is 5.32 Å². The molecule has 2 amide bonds. The SMILES string of the molecule is O=C(NCCOC1CCCCC1)N1CC(c2ccccc2)C2COCCC21. The van der Waals surface area contributed by atoms with Crippen molar-refractivity contribution in [2.75, 3.05) is 32.9 Å². The molecule has 3 fully saturated rings.